The van der Waals surface area contributed by atoms with Gasteiger partial charge in [0, 0.05) is 35.9 Å². The summed E-state index contributed by atoms with van der Waals surface area (Å²) < 4.78 is 4.01. The van der Waals surface area contributed by atoms with Crippen molar-refractivity contribution in [1.82, 2.24) is 24.2 Å². The second-order valence-corrected chi connectivity index (χ2v) is 6.89. The first-order valence-electron chi connectivity index (χ1n) is 8.82. The molecular formula is C20H19N5O. The van der Waals surface area contributed by atoms with Crippen molar-refractivity contribution in [3.63, 3.8) is 0 Å². The molecule has 1 amide bonds. The standard InChI is InChI=1S/C20H19N5O/c1-14-8-16-11-22-25(20(16)21-10-14)13-19(26)23-6-7-24-17(12-23)9-15-4-2-3-5-18(15)24/h2-5,8-11H,6-7,12-13H2,1H3. The fraction of sp³-hybridized carbons (Fsp3) is 0.250. The van der Waals surface area contributed by atoms with Gasteiger partial charge in [-0.15, -0.1) is 0 Å². The lowest BCUT2D eigenvalue weighted by molar-refractivity contribution is -0.133. The summed E-state index contributed by atoms with van der Waals surface area (Å²) in [6.07, 6.45) is 3.58. The fourth-order valence-corrected chi connectivity index (χ4v) is 3.80. The lowest BCUT2D eigenvalue weighted by Gasteiger charge is -2.29. The molecule has 0 N–H and O–H groups in total. The average molecular weight is 345 g/mol. The van der Waals surface area contributed by atoms with Crippen molar-refractivity contribution in [2.45, 2.75) is 26.6 Å². The van der Waals surface area contributed by atoms with Crippen molar-refractivity contribution in [3.8, 4) is 0 Å². The molecule has 1 aliphatic rings. The Morgan fingerprint density at radius 2 is 2.00 bits per heavy atom. The molecular weight excluding hydrogens is 326 g/mol. The summed E-state index contributed by atoms with van der Waals surface area (Å²) >= 11 is 0. The van der Waals surface area contributed by atoms with Crippen LogP contribution in [0.5, 0.6) is 0 Å². The Hall–Kier alpha value is -3.15. The molecule has 4 aromatic rings. The number of para-hydroxylation sites is 1. The molecule has 130 valence electrons. The van der Waals surface area contributed by atoms with E-state index in [4.69, 9.17) is 0 Å². The number of carbonyl (C=O) groups excluding carboxylic acids is 1. The summed E-state index contributed by atoms with van der Waals surface area (Å²) in [4.78, 5) is 19.2. The van der Waals surface area contributed by atoms with Crippen LogP contribution in [0, 0.1) is 6.92 Å². The van der Waals surface area contributed by atoms with Gasteiger partial charge in [0.15, 0.2) is 5.65 Å². The van der Waals surface area contributed by atoms with Gasteiger partial charge in [-0.05, 0) is 36.1 Å². The van der Waals surface area contributed by atoms with Gasteiger partial charge >= 0.3 is 0 Å². The highest BCUT2D eigenvalue weighted by molar-refractivity contribution is 5.83. The Labute approximate surface area is 150 Å². The first kappa shape index (κ1) is 15.1. The second-order valence-electron chi connectivity index (χ2n) is 6.89. The van der Waals surface area contributed by atoms with Crippen LogP contribution in [0.2, 0.25) is 0 Å². The Kier molecular flexibility index (Phi) is 3.31. The van der Waals surface area contributed by atoms with Gasteiger partial charge in [-0.3, -0.25) is 4.79 Å². The minimum absolute atomic E-state index is 0.0777. The van der Waals surface area contributed by atoms with E-state index in [9.17, 15) is 4.79 Å². The van der Waals surface area contributed by atoms with Crippen LogP contribution in [0.3, 0.4) is 0 Å². The maximum atomic E-state index is 12.8. The fourth-order valence-electron chi connectivity index (χ4n) is 3.80. The topological polar surface area (TPSA) is 56.0 Å². The molecule has 0 bridgehead atoms. The Bertz CT molecular complexity index is 1140. The second kappa shape index (κ2) is 5.69. The summed E-state index contributed by atoms with van der Waals surface area (Å²) in [5.41, 5.74) is 4.28. The lowest BCUT2D eigenvalue weighted by atomic mass is 10.2. The maximum Gasteiger partial charge on any atom is 0.244 e. The molecule has 0 fully saturated rings. The minimum Gasteiger partial charge on any atom is -0.341 e. The van der Waals surface area contributed by atoms with Gasteiger partial charge in [-0.2, -0.15) is 5.10 Å². The number of rotatable bonds is 2. The lowest BCUT2D eigenvalue weighted by Crippen LogP contribution is -2.39. The van der Waals surface area contributed by atoms with E-state index >= 15 is 0 Å². The van der Waals surface area contributed by atoms with Crippen LogP contribution < -0.4 is 0 Å². The smallest absolute Gasteiger partial charge is 0.244 e. The highest BCUT2D eigenvalue weighted by Gasteiger charge is 2.23. The zero-order valence-corrected chi connectivity index (χ0v) is 14.6. The third-order valence-electron chi connectivity index (χ3n) is 5.09. The monoisotopic (exact) mass is 345 g/mol. The van der Waals surface area contributed by atoms with Crippen LogP contribution in [0.15, 0.2) is 48.8 Å². The first-order chi connectivity index (χ1) is 12.7. The quantitative estimate of drug-likeness (QED) is 0.561. The van der Waals surface area contributed by atoms with Crippen LogP contribution in [0.25, 0.3) is 21.9 Å². The van der Waals surface area contributed by atoms with Gasteiger partial charge in [0.2, 0.25) is 5.91 Å². The van der Waals surface area contributed by atoms with E-state index in [2.05, 4.69) is 45.0 Å². The van der Waals surface area contributed by atoms with E-state index in [1.165, 1.54) is 16.6 Å². The van der Waals surface area contributed by atoms with E-state index in [0.29, 0.717) is 6.54 Å². The van der Waals surface area contributed by atoms with Crippen molar-refractivity contribution in [1.29, 1.82) is 0 Å². The van der Waals surface area contributed by atoms with Gasteiger partial charge in [0.25, 0.3) is 0 Å². The molecule has 6 heteroatoms. The zero-order chi connectivity index (χ0) is 17.7. The molecule has 26 heavy (non-hydrogen) atoms. The Balaban J connectivity index is 1.39. The number of pyridine rings is 1. The normalized spacial score (nSPS) is 14.1. The van der Waals surface area contributed by atoms with Crippen LogP contribution >= 0.6 is 0 Å². The average Bonchev–Trinajstić information content (AvgIpc) is 3.21. The van der Waals surface area contributed by atoms with Gasteiger partial charge in [0.1, 0.15) is 6.54 Å². The van der Waals surface area contributed by atoms with E-state index in [0.717, 1.165) is 29.7 Å². The number of hydrogen-bond donors (Lipinski definition) is 0. The first-order valence-corrected chi connectivity index (χ1v) is 8.82. The highest BCUT2D eigenvalue weighted by atomic mass is 16.2. The number of carbonyl (C=O) groups is 1. The number of aromatic nitrogens is 4. The number of nitrogens with zero attached hydrogens (tertiary/aromatic N) is 5. The summed E-state index contributed by atoms with van der Waals surface area (Å²) in [5, 5.41) is 6.55. The van der Waals surface area contributed by atoms with Crippen molar-refractivity contribution in [3.05, 3.63) is 60.0 Å². The zero-order valence-electron chi connectivity index (χ0n) is 14.6. The SMILES string of the molecule is Cc1cnc2c(cnn2CC(=O)N2CCn3c(cc4ccccc43)C2)c1. The van der Waals surface area contributed by atoms with E-state index in [1.807, 2.05) is 24.1 Å². The molecule has 0 aliphatic carbocycles. The van der Waals surface area contributed by atoms with Crippen molar-refractivity contribution >= 4 is 27.8 Å². The molecule has 5 rings (SSSR count). The van der Waals surface area contributed by atoms with Gasteiger partial charge in [-0.25, -0.2) is 9.67 Å². The van der Waals surface area contributed by atoms with E-state index in [-0.39, 0.29) is 12.5 Å². The van der Waals surface area contributed by atoms with Crippen LogP contribution in [-0.4, -0.2) is 36.7 Å². The Morgan fingerprint density at radius 1 is 1.12 bits per heavy atom. The molecule has 0 saturated heterocycles. The molecule has 0 unspecified atom stereocenters. The number of aryl methyl sites for hydroxylation is 1. The van der Waals surface area contributed by atoms with Crippen LogP contribution in [-0.2, 0) is 24.4 Å². The number of fused-ring (bicyclic) bond motifs is 4. The molecule has 0 spiro atoms. The molecule has 4 heterocycles. The summed E-state index contributed by atoms with van der Waals surface area (Å²) in [5.74, 6) is 0.0777. The number of amides is 1. The number of hydrogen-bond acceptors (Lipinski definition) is 3. The molecule has 0 atom stereocenters. The Morgan fingerprint density at radius 3 is 2.92 bits per heavy atom. The highest BCUT2D eigenvalue weighted by Crippen LogP contribution is 2.24. The summed E-state index contributed by atoms with van der Waals surface area (Å²) in [7, 11) is 0. The molecule has 1 aromatic carbocycles. The van der Waals surface area contributed by atoms with Crippen molar-refractivity contribution in [2.24, 2.45) is 0 Å². The molecule has 0 radical (unpaired) electrons. The summed E-state index contributed by atoms with van der Waals surface area (Å²) in [6.45, 7) is 4.41. The van der Waals surface area contributed by atoms with Crippen LogP contribution in [0.4, 0.5) is 0 Å². The van der Waals surface area contributed by atoms with Crippen molar-refractivity contribution < 1.29 is 4.79 Å². The summed E-state index contributed by atoms with van der Waals surface area (Å²) in [6, 6.07) is 12.6. The maximum absolute atomic E-state index is 12.8. The molecule has 0 saturated carbocycles. The number of benzene rings is 1. The van der Waals surface area contributed by atoms with Gasteiger partial charge in [0.05, 0.1) is 12.7 Å². The molecule has 1 aliphatic heterocycles. The molecule has 6 nitrogen and oxygen atoms in total. The third kappa shape index (κ3) is 2.37. The van der Waals surface area contributed by atoms with Crippen molar-refractivity contribution in [2.75, 3.05) is 6.54 Å². The van der Waals surface area contributed by atoms with E-state index in [1.54, 1.807) is 10.9 Å². The van der Waals surface area contributed by atoms with Crippen LogP contribution in [0.1, 0.15) is 11.3 Å². The predicted molar refractivity (Wildman–Crippen MR) is 99.6 cm³/mol. The third-order valence-corrected chi connectivity index (χ3v) is 5.09. The van der Waals surface area contributed by atoms with Gasteiger partial charge < -0.3 is 9.47 Å². The largest absolute Gasteiger partial charge is 0.341 e. The van der Waals surface area contributed by atoms with Gasteiger partial charge in [-0.1, -0.05) is 18.2 Å². The predicted octanol–water partition coefficient (Wildman–Crippen LogP) is 2.74. The van der Waals surface area contributed by atoms with E-state index < -0.39 is 0 Å². The minimum atomic E-state index is 0.0777. The molecule has 3 aromatic heterocycles.